The quantitative estimate of drug-likeness (QED) is 0.597. The van der Waals surface area contributed by atoms with E-state index in [4.69, 9.17) is 9.47 Å². The summed E-state index contributed by atoms with van der Waals surface area (Å²) in [4.78, 5) is 43.6. The minimum Gasteiger partial charge on any atom is -0.493 e. The highest BCUT2D eigenvalue weighted by Crippen LogP contribution is 2.38. The van der Waals surface area contributed by atoms with Gasteiger partial charge in [-0.3, -0.25) is 14.5 Å². The van der Waals surface area contributed by atoms with Gasteiger partial charge < -0.3 is 19.7 Å². The normalized spacial score (nSPS) is 23.0. The molecule has 10 heteroatoms. The molecule has 37 heavy (non-hydrogen) atoms. The third kappa shape index (κ3) is 4.81. The molecule has 2 aromatic rings. The van der Waals surface area contributed by atoms with Crippen LogP contribution in [0.5, 0.6) is 11.5 Å². The fourth-order valence-corrected chi connectivity index (χ4v) is 5.54. The molecule has 3 atom stereocenters. The van der Waals surface area contributed by atoms with Crippen molar-refractivity contribution >= 4 is 23.5 Å². The first kappa shape index (κ1) is 24.9. The van der Waals surface area contributed by atoms with Crippen LogP contribution in [0.1, 0.15) is 36.8 Å². The Morgan fingerprint density at radius 1 is 1.03 bits per heavy atom. The summed E-state index contributed by atoms with van der Waals surface area (Å²) in [5.74, 6) is 0.505. The molecule has 0 radical (unpaired) electrons. The monoisotopic (exact) mass is 507 g/mol. The number of hydrogen-bond donors (Lipinski definition) is 2. The number of nitrogens with zero attached hydrogens (tertiary/aromatic N) is 3. The lowest BCUT2D eigenvalue weighted by molar-refractivity contribution is -0.157. The van der Waals surface area contributed by atoms with E-state index < -0.39 is 6.29 Å². The highest BCUT2D eigenvalue weighted by atomic mass is 16.5. The molecular formula is C27H33N5O5. The van der Waals surface area contributed by atoms with Crippen molar-refractivity contribution in [2.45, 2.75) is 51.5 Å². The summed E-state index contributed by atoms with van der Waals surface area (Å²) in [6.45, 7) is 2.20. The lowest BCUT2D eigenvalue weighted by atomic mass is 9.81. The first-order chi connectivity index (χ1) is 17.9. The fourth-order valence-electron chi connectivity index (χ4n) is 5.54. The van der Waals surface area contributed by atoms with Gasteiger partial charge in [-0.05, 0) is 37.5 Å². The number of hydrogen-bond acceptors (Lipinski definition) is 6. The highest BCUT2D eigenvalue weighted by molar-refractivity contribution is 5.95. The van der Waals surface area contributed by atoms with E-state index in [1.807, 2.05) is 31.2 Å². The number of benzene rings is 2. The largest absolute Gasteiger partial charge is 0.493 e. The third-order valence-corrected chi connectivity index (χ3v) is 7.41. The van der Waals surface area contributed by atoms with Crippen LogP contribution in [0.25, 0.3) is 0 Å². The van der Waals surface area contributed by atoms with Gasteiger partial charge in [-0.1, -0.05) is 42.7 Å². The Morgan fingerprint density at radius 3 is 2.49 bits per heavy atom. The number of amides is 4. The van der Waals surface area contributed by atoms with Crippen LogP contribution in [0.15, 0.2) is 42.5 Å². The minimum atomic E-state index is -0.630. The van der Waals surface area contributed by atoms with E-state index >= 15 is 0 Å². The Morgan fingerprint density at radius 2 is 1.76 bits per heavy atom. The molecule has 0 bridgehead atoms. The molecule has 3 unspecified atom stereocenters. The molecule has 3 fully saturated rings. The summed E-state index contributed by atoms with van der Waals surface area (Å²) in [6, 6.07) is 12.7. The van der Waals surface area contributed by atoms with Crippen LogP contribution in [-0.4, -0.2) is 65.8 Å². The summed E-state index contributed by atoms with van der Waals surface area (Å²) in [5.41, 5.74) is 5.81. The number of nitrogens with one attached hydrogen (secondary N) is 2. The van der Waals surface area contributed by atoms with Crippen molar-refractivity contribution in [3.63, 3.8) is 0 Å². The number of carbonyl (C=O) groups is 3. The third-order valence-electron chi connectivity index (χ3n) is 7.41. The summed E-state index contributed by atoms with van der Waals surface area (Å²) in [6.07, 6.45) is 2.87. The van der Waals surface area contributed by atoms with Gasteiger partial charge in [0.05, 0.1) is 20.1 Å². The van der Waals surface area contributed by atoms with Gasteiger partial charge in [0.1, 0.15) is 6.54 Å². The maximum absolute atomic E-state index is 13.6. The Labute approximate surface area is 216 Å². The van der Waals surface area contributed by atoms with Gasteiger partial charge in [0.15, 0.2) is 17.8 Å². The number of aryl methyl sites for hydroxylation is 1. The summed E-state index contributed by atoms with van der Waals surface area (Å²) < 4.78 is 10.5. The number of methoxy groups -OCH3 is 2. The van der Waals surface area contributed by atoms with Crippen LogP contribution in [0.2, 0.25) is 0 Å². The van der Waals surface area contributed by atoms with Crippen LogP contribution >= 0.6 is 0 Å². The maximum Gasteiger partial charge on any atom is 0.337 e. The van der Waals surface area contributed by atoms with Gasteiger partial charge >= 0.3 is 6.03 Å². The molecule has 2 N–H and O–H groups in total. The second-order valence-electron chi connectivity index (χ2n) is 9.81. The second kappa shape index (κ2) is 10.3. The molecule has 10 nitrogen and oxygen atoms in total. The molecule has 0 spiro atoms. The zero-order valence-electron chi connectivity index (χ0n) is 21.4. The molecule has 2 aromatic carbocycles. The smallest absolute Gasteiger partial charge is 0.337 e. The lowest BCUT2D eigenvalue weighted by Crippen LogP contribution is -2.65. The average Bonchev–Trinajstić information content (AvgIpc) is 3.22. The first-order valence-electron chi connectivity index (χ1n) is 12.6. The number of carbonyl (C=O) groups excluding carboxylic acids is 3. The number of ether oxygens (including phenoxy) is 2. The second-order valence-corrected chi connectivity index (χ2v) is 9.81. The van der Waals surface area contributed by atoms with Crippen LogP contribution in [0, 0.1) is 12.8 Å². The van der Waals surface area contributed by atoms with Crippen molar-refractivity contribution in [1.29, 1.82) is 0 Å². The fraction of sp³-hybridized carbons (Fsp3) is 0.444. The minimum absolute atomic E-state index is 0.0588. The molecule has 4 amide bonds. The van der Waals surface area contributed by atoms with Crippen molar-refractivity contribution in [2.24, 2.45) is 5.92 Å². The van der Waals surface area contributed by atoms with E-state index in [1.54, 1.807) is 35.1 Å². The first-order valence-corrected chi connectivity index (χ1v) is 12.6. The van der Waals surface area contributed by atoms with Crippen molar-refractivity contribution in [2.75, 3.05) is 26.1 Å². The van der Waals surface area contributed by atoms with Gasteiger partial charge in [-0.15, -0.1) is 0 Å². The van der Waals surface area contributed by atoms with E-state index in [9.17, 15) is 14.4 Å². The van der Waals surface area contributed by atoms with Crippen LogP contribution in [0.3, 0.4) is 0 Å². The number of hydrazine groups is 1. The zero-order valence-corrected chi connectivity index (χ0v) is 21.4. The van der Waals surface area contributed by atoms with Crippen molar-refractivity contribution in [3.05, 3.63) is 53.6 Å². The number of anilines is 1. The van der Waals surface area contributed by atoms with E-state index in [0.717, 1.165) is 36.8 Å². The maximum atomic E-state index is 13.6. The summed E-state index contributed by atoms with van der Waals surface area (Å²) in [5, 5.41) is 4.12. The lowest BCUT2D eigenvalue weighted by Gasteiger charge is -2.48. The number of rotatable bonds is 7. The number of fused-ring (bicyclic) bond motifs is 3. The predicted molar refractivity (Wildman–Crippen MR) is 137 cm³/mol. The van der Waals surface area contributed by atoms with Gasteiger partial charge in [-0.25, -0.2) is 9.80 Å². The van der Waals surface area contributed by atoms with E-state index in [-0.39, 0.29) is 36.3 Å². The molecule has 1 saturated carbocycles. The average molecular weight is 508 g/mol. The van der Waals surface area contributed by atoms with Crippen LogP contribution in [0.4, 0.5) is 10.5 Å². The summed E-state index contributed by atoms with van der Waals surface area (Å²) >= 11 is 0. The van der Waals surface area contributed by atoms with Gasteiger partial charge in [0.2, 0.25) is 11.8 Å². The highest BCUT2D eigenvalue weighted by Gasteiger charge is 2.54. The predicted octanol–water partition coefficient (Wildman–Crippen LogP) is 3.08. The molecule has 5 rings (SSSR count). The molecule has 2 heterocycles. The molecular weight excluding hydrogens is 474 g/mol. The Hall–Kier alpha value is -3.79. The Balaban J connectivity index is 1.34. The topological polar surface area (TPSA) is 103 Å². The van der Waals surface area contributed by atoms with Crippen molar-refractivity contribution in [1.82, 2.24) is 20.2 Å². The molecule has 2 aliphatic heterocycles. The molecule has 196 valence electrons. The SMILES string of the molecule is COc1ccc(NC(=O)CN2NC3N(Cc4ccc(C)cc4)C(=O)C4CCCCC4N3C2=O)cc1OC. The Kier molecular flexibility index (Phi) is 6.92. The molecule has 0 aromatic heterocycles. The molecule has 3 aliphatic rings. The van der Waals surface area contributed by atoms with E-state index in [2.05, 4.69) is 10.7 Å². The van der Waals surface area contributed by atoms with Crippen LogP contribution < -0.4 is 20.2 Å². The zero-order chi connectivity index (χ0) is 26.1. The van der Waals surface area contributed by atoms with Crippen molar-refractivity contribution < 1.29 is 23.9 Å². The number of urea groups is 1. The summed E-state index contributed by atoms with van der Waals surface area (Å²) in [7, 11) is 3.06. The van der Waals surface area contributed by atoms with Gasteiger partial charge in [0.25, 0.3) is 0 Å². The van der Waals surface area contributed by atoms with E-state index in [1.165, 1.54) is 12.1 Å². The standard InChI is InChI=1S/C27H33N5O5/c1-17-8-10-18(11-9-17)15-30-25(34)20-6-4-5-7-21(20)32-26(30)29-31(27(32)35)16-24(33)28-19-12-13-22(36-2)23(14-19)37-3/h8-14,20-21,26,29H,4-7,15-16H2,1-3H3,(H,28,33). The van der Waals surface area contributed by atoms with E-state index in [0.29, 0.717) is 23.7 Å². The molecule has 1 aliphatic carbocycles. The van der Waals surface area contributed by atoms with Crippen molar-refractivity contribution in [3.8, 4) is 11.5 Å². The van der Waals surface area contributed by atoms with Gasteiger partial charge in [0, 0.05) is 24.3 Å². The Bertz CT molecular complexity index is 1190. The van der Waals surface area contributed by atoms with Gasteiger partial charge in [-0.2, -0.15) is 5.43 Å². The molecule has 2 saturated heterocycles. The van der Waals surface area contributed by atoms with Crippen LogP contribution in [-0.2, 0) is 16.1 Å².